The molecule has 0 spiro atoms. The summed E-state index contributed by atoms with van der Waals surface area (Å²) in [6.07, 6.45) is 3.05. The Kier molecular flexibility index (Phi) is 1.81. The lowest BCUT2D eigenvalue weighted by Crippen LogP contribution is -2.27. The van der Waals surface area contributed by atoms with Crippen LogP contribution in [0.3, 0.4) is 0 Å². The third-order valence-electron chi connectivity index (χ3n) is 2.14. The molecule has 1 amide bonds. The molecule has 1 aliphatic rings. The number of carbonyl (C=O) groups is 1. The van der Waals surface area contributed by atoms with Gasteiger partial charge in [0.1, 0.15) is 0 Å². The highest BCUT2D eigenvalue weighted by Gasteiger charge is 2.30. The number of aliphatic hydroxyl groups is 1. The van der Waals surface area contributed by atoms with Crippen molar-refractivity contribution in [3.63, 3.8) is 0 Å². The molecule has 2 rings (SSSR count). The lowest BCUT2D eigenvalue weighted by atomic mass is 10.3. The van der Waals surface area contributed by atoms with Gasteiger partial charge in [-0.2, -0.15) is 0 Å². The highest BCUT2D eigenvalue weighted by atomic mass is 16.3. The average Bonchev–Trinajstić information content (AvgIpc) is 2.58. The van der Waals surface area contributed by atoms with Crippen LogP contribution >= 0.6 is 0 Å². The van der Waals surface area contributed by atoms with Gasteiger partial charge in [-0.25, -0.2) is 4.98 Å². The average molecular weight is 181 g/mol. The summed E-state index contributed by atoms with van der Waals surface area (Å²) in [5.41, 5.74) is 0. The molecule has 1 aromatic rings. The Balaban J connectivity index is 2.27. The number of aryl methyl sites for hydroxylation is 1. The Morgan fingerprint density at radius 2 is 2.46 bits per heavy atom. The lowest BCUT2D eigenvalue weighted by molar-refractivity contribution is -0.117. The summed E-state index contributed by atoms with van der Waals surface area (Å²) in [6.45, 7) is 0.351. The van der Waals surface area contributed by atoms with Gasteiger partial charge in [-0.1, -0.05) is 0 Å². The van der Waals surface area contributed by atoms with E-state index in [9.17, 15) is 9.90 Å². The summed E-state index contributed by atoms with van der Waals surface area (Å²) in [7, 11) is 1.82. The van der Waals surface area contributed by atoms with Crippen LogP contribution in [0.15, 0.2) is 12.4 Å². The number of hydrogen-bond donors (Lipinski definition) is 1. The Hall–Kier alpha value is -1.36. The number of carbonyl (C=O) groups excluding carboxylic acids is 1. The van der Waals surface area contributed by atoms with Crippen molar-refractivity contribution < 1.29 is 9.90 Å². The van der Waals surface area contributed by atoms with Crippen molar-refractivity contribution in [3.05, 3.63) is 12.4 Å². The topological polar surface area (TPSA) is 58.4 Å². The van der Waals surface area contributed by atoms with Crippen LogP contribution in [-0.4, -0.2) is 33.2 Å². The number of β-amino-alcohol motifs (C(OH)–C–C–N with tert-alkyl or cyclic N) is 1. The van der Waals surface area contributed by atoms with Crippen LogP contribution in [0.25, 0.3) is 0 Å². The normalized spacial score (nSPS) is 22.8. The summed E-state index contributed by atoms with van der Waals surface area (Å²) >= 11 is 0. The zero-order valence-corrected chi connectivity index (χ0v) is 7.34. The monoisotopic (exact) mass is 181 g/mol. The third-order valence-corrected chi connectivity index (χ3v) is 2.14. The Bertz CT molecular complexity index is 334. The van der Waals surface area contributed by atoms with Crippen LogP contribution in [0.5, 0.6) is 0 Å². The van der Waals surface area contributed by atoms with Gasteiger partial charge in [0, 0.05) is 19.4 Å². The van der Waals surface area contributed by atoms with E-state index in [4.69, 9.17) is 0 Å². The maximum Gasteiger partial charge on any atom is 0.232 e. The molecular weight excluding hydrogens is 170 g/mol. The summed E-state index contributed by atoms with van der Waals surface area (Å²) in [6, 6.07) is 0. The van der Waals surface area contributed by atoms with Crippen LogP contribution in [-0.2, 0) is 11.8 Å². The number of aliphatic hydroxyl groups excluding tert-OH is 1. The maximum atomic E-state index is 11.3. The number of anilines is 1. The van der Waals surface area contributed by atoms with Gasteiger partial charge >= 0.3 is 0 Å². The number of imidazole rings is 1. The summed E-state index contributed by atoms with van der Waals surface area (Å²) in [5, 5.41) is 9.26. The van der Waals surface area contributed by atoms with Gasteiger partial charge in [0.25, 0.3) is 0 Å². The third kappa shape index (κ3) is 1.31. The molecule has 1 atom stereocenters. The molecule has 1 N–H and O–H groups in total. The van der Waals surface area contributed by atoms with Gasteiger partial charge < -0.3 is 9.67 Å². The second kappa shape index (κ2) is 2.85. The number of hydrogen-bond acceptors (Lipinski definition) is 3. The molecule has 1 fully saturated rings. The zero-order chi connectivity index (χ0) is 9.42. The molecule has 0 saturated carbocycles. The molecule has 0 aromatic carbocycles. The first-order valence-electron chi connectivity index (χ1n) is 4.14. The van der Waals surface area contributed by atoms with E-state index in [2.05, 4.69) is 4.98 Å². The fraction of sp³-hybridized carbons (Fsp3) is 0.500. The molecule has 13 heavy (non-hydrogen) atoms. The number of nitrogens with zero attached hydrogens (tertiary/aromatic N) is 3. The quantitative estimate of drug-likeness (QED) is 0.636. The van der Waals surface area contributed by atoms with Crippen LogP contribution < -0.4 is 4.90 Å². The summed E-state index contributed by atoms with van der Waals surface area (Å²) in [4.78, 5) is 16.9. The van der Waals surface area contributed by atoms with Crippen molar-refractivity contribution in [2.45, 2.75) is 12.5 Å². The molecule has 5 nitrogen and oxygen atoms in total. The Morgan fingerprint density at radius 1 is 1.69 bits per heavy atom. The molecular formula is C8H11N3O2. The SMILES string of the molecule is Cn1ccnc1N1CC(O)CC1=O. The van der Waals surface area contributed by atoms with Crippen molar-refractivity contribution in [1.29, 1.82) is 0 Å². The lowest BCUT2D eigenvalue weighted by Gasteiger charge is -2.14. The first-order chi connectivity index (χ1) is 6.18. The number of amides is 1. The van der Waals surface area contributed by atoms with Gasteiger partial charge in [-0.15, -0.1) is 0 Å². The molecule has 0 aliphatic carbocycles. The first-order valence-corrected chi connectivity index (χ1v) is 4.14. The van der Waals surface area contributed by atoms with Crippen molar-refractivity contribution in [2.24, 2.45) is 7.05 Å². The first kappa shape index (κ1) is 8.25. The second-order valence-electron chi connectivity index (χ2n) is 3.20. The van der Waals surface area contributed by atoms with Crippen LogP contribution in [0.1, 0.15) is 6.42 Å². The number of rotatable bonds is 1. The standard InChI is InChI=1S/C8H11N3O2/c1-10-3-2-9-8(10)11-5-6(12)4-7(11)13/h2-3,6,12H,4-5H2,1H3. The van der Waals surface area contributed by atoms with Crippen LogP contribution in [0.4, 0.5) is 5.95 Å². The summed E-state index contributed by atoms with van der Waals surface area (Å²) < 4.78 is 1.76. The second-order valence-corrected chi connectivity index (χ2v) is 3.20. The van der Waals surface area contributed by atoms with E-state index in [-0.39, 0.29) is 12.3 Å². The van der Waals surface area contributed by atoms with E-state index < -0.39 is 6.10 Å². The minimum Gasteiger partial charge on any atom is -0.391 e. The fourth-order valence-corrected chi connectivity index (χ4v) is 1.50. The fourth-order valence-electron chi connectivity index (χ4n) is 1.50. The van der Waals surface area contributed by atoms with Gasteiger partial charge in [-0.05, 0) is 0 Å². The van der Waals surface area contributed by atoms with E-state index in [1.165, 1.54) is 4.90 Å². The largest absolute Gasteiger partial charge is 0.391 e. The highest BCUT2D eigenvalue weighted by molar-refractivity contribution is 5.94. The van der Waals surface area contributed by atoms with Crippen LogP contribution in [0.2, 0.25) is 0 Å². The van der Waals surface area contributed by atoms with Gasteiger partial charge in [0.2, 0.25) is 11.9 Å². The van der Waals surface area contributed by atoms with Gasteiger partial charge in [0.05, 0.1) is 19.1 Å². The van der Waals surface area contributed by atoms with Crippen molar-refractivity contribution in [2.75, 3.05) is 11.4 Å². The molecule has 0 radical (unpaired) electrons. The van der Waals surface area contributed by atoms with Crippen molar-refractivity contribution in [3.8, 4) is 0 Å². The van der Waals surface area contributed by atoms with E-state index in [1.54, 1.807) is 17.0 Å². The minimum atomic E-state index is -0.552. The number of aromatic nitrogens is 2. The molecule has 2 heterocycles. The smallest absolute Gasteiger partial charge is 0.232 e. The van der Waals surface area contributed by atoms with E-state index in [0.29, 0.717) is 12.5 Å². The van der Waals surface area contributed by atoms with Gasteiger partial charge in [0.15, 0.2) is 0 Å². The highest BCUT2D eigenvalue weighted by Crippen LogP contribution is 2.18. The molecule has 5 heteroatoms. The van der Waals surface area contributed by atoms with Crippen molar-refractivity contribution >= 4 is 11.9 Å². The van der Waals surface area contributed by atoms with Crippen molar-refractivity contribution in [1.82, 2.24) is 9.55 Å². The summed E-state index contributed by atoms with van der Waals surface area (Å²) in [5.74, 6) is 0.531. The Labute approximate surface area is 75.6 Å². The molecule has 0 bridgehead atoms. The molecule has 70 valence electrons. The Morgan fingerprint density at radius 3 is 2.92 bits per heavy atom. The van der Waals surface area contributed by atoms with Crippen LogP contribution in [0, 0.1) is 0 Å². The van der Waals surface area contributed by atoms with E-state index in [1.807, 2.05) is 7.05 Å². The maximum absolute atomic E-state index is 11.3. The molecule has 1 aliphatic heterocycles. The van der Waals surface area contributed by atoms with E-state index >= 15 is 0 Å². The predicted octanol–water partition coefficient (Wildman–Crippen LogP) is -0.482. The molecule has 1 saturated heterocycles. The van der Waals surface area contributed by atoms with Gasteiger partial charge in [-0.3, -0.25) is 9.69 Å². The minimum absolute atomic E-state index is 0.0678. The predicted molar refractivity (Wildman–Crippen MR) is 46.2 cm³/mol. The van der Waals surface area contributed by atoms with E-state index in [0.717, 1.165) is 0 Å². The molecule has 1 unspecified atom stereocenters. The molecule has 1 aromatic heterocycles. The zero-order valence-electron chi connectivity index (χ0n) is 7.34.